The van der Waals surface area contributed by atoms with Gasteiger partial charge in [-0.05, 0) is 88.8 Å². The van der Waals surface area contributed by atoms with Gasteiger partial charge in [0.2, 0.25) is 9.79 Å². The van der Waals surface area contributed by atoms with Crippen molar-refractivity contribution in [3.05, 3.63) is 106 Å². The number of fused-ring (bicyclic) bond motifs is 2. The third-order valence-electron chi connectivity index (χ3n) is 4.74. The standard InChI is InChI=1S/C25H18IO2S/c26-19-11-9-18(10-12-19)17-27-20-13-15-21(16-14-20)29-24-7-3-1-5-22(24)28-23-6-2-4-8-25(23)29/h1-16H,17H2/q+1. The second kappa shape index (κ2) is 8.13. The van der Waals surface area contributed by atoms with E-state index in [1.807, 2.05) is 24.3 Å². The van der Waals surface area contributed by atoms with Gasteiger partial charge in [0, 0.05) is 3.57 Å². The quantitative estimate of drug-likeness (QED) is 0.191. The van der Waals surface area contributed by atoms with Crippen molar-refractivity contribution in [2.45, 2.75) is 21.3 Å². The van der Waals surface area contributed by atoms with Gasteiger partial charge in [-0.25, -0.2) is 0 Å². The van der Waals surface area contributed by atoms with Crippen LogP contribution in [0.15, 0.2) is 112 Å². The SMILES string of the molecule is Ic1ccc(COc2ccc([S+]3c4ccccc4Oc4ccccc43)cc2)cc1. The Balaban J connectivity index is 1.42. The molecule has 1 aliphatic heterocycles. The molecule has 0 amide bonds. The summed E-state index contributed by atoms with van der Waals surface area (Å²) in [6.45, 7) is 0.571. The molecule has 142 valence electrons. The third-order valence-corrected chi connectivity index (χ3v) is 7.75. The van der Waals surface area contributed by atoms with Gasteiger partial charge < -0.3 is 9.47 Å². The van der Waals surface area contributed by atoms with Gasteiger partial charge >= 0.3 is 0 Å². The molecule has 4 aromatic carbocycles. The zero-order valence-corrected chi connectivity index (χ0v) is 18.5. The van der Waals surface area contributed by atoms with E-state index in [-0.39, 0.29) is 10.9 Å². The van der Waals surface area contributed by atoms with Crippen molar-refractivity contribution in [2.75, 3.05) is 0 Å². The van der Waals surface area contributed by atoms with E-state index in [0.29, 0.717) is 6.61 Å². The normalized spacial score (nSPS) is 12.6. The van der Waals surface area contributed by atoms with Crippen molar-refractivity contribution in [1.82, 2.24) is 0 Å². The fourth-order valence-electron chi connectivity index (χ4n) is 3.32. The second-order valence-electron chi connectivity index (χ2n) is 6.69. The number of hydrogen-bond acceptors (Lipinski definition) is 2. The number of halogens is 1. The lowest BCUT2D eigenvalue weighted by molar-refractivity contribution is 0.306. The fourth-order valence-corrected chi connectivity index (χ4v) is 5.88. The Kier molecular flexibility index (Phi) is 5.21. The number of benzene rings is 4. The first-order valence-corrected chi connectivity index (χ1v) is 11.7. The highest BCUT2D eigenvalue weighted by Gasteiger charge is 2.38. The van der Waals surface area contributed by atoms with Gasteiger partial charge in [-0.15, -0.1) is 0 Å². The average Bonchev–Trinajstić information content (AvgIpc) is 2.77. The summed E-state index contributed by atoms with van der Waals surface area (Å²) in [6.07, 6.45) is 0. The molecule has 0 bridgehead atoms. The summed E-state index contributed by atoms with van der Waals surface area (Å²) in [7, 11) is -0.190. The van der Waals surface area contributed by atoms with Gasteiger partial charge in [0.1, 0.15) is 23.3 Å². The van der Waals surface area contributed by atoms with E-state index in [1.54, 1.807) is 0 Å². The van der Waals surface area contributed by atoms with Crippen molar-refractivity contribution in [1.29, 1.82) is 0 Å². The van der Waals surface area contributed by atoms with Gasteiger partial charge in [0.15, 0.2) is 16.4 Å². The maximum Gasteiger partial charge on any atom is 0.209 e. The first kappa shape index (κ1) is 18.6. The topological polar surface area (TPSA) is 18.5 Å². The molecule has 0 aliphatic carbocycles. The Morgan fingerprint density at radius 2 is 1.28 bits per heavy atom. The molecule has 0 unspecified atom stereocenters. The van der Waals surface area contributed by atoms with Crippen molar-refractivity contribution in [3.8, 4) is 17.2 Å². The zero-order chi connectivity index (χ0) is 19.6. The molecular weight excluding hydrogens is 491 g/mol. The van der Waals surface area contributed by atoms with Crippen LogP contribution in [-0.4, -0.2) is 0 Å². The second-order valence-corrected chi connectivity index (χ2v) is 9.90. The van der Waals surface area contributed by atoms with Crippen LogP contribution in [0.4, 0.5) is 0 Å². The molecule has 29 heavy (non-hydrogen) atoms. The lowest BCUT2D eigenvalue weighted by atomic mass is 10.2. The van der Waals surface area contributed by atoms with Gasteiger partial charge in [0.25, 0.3) is 0 Å². The van der Waals surface area contributed by atoms with Gasteiger partial charge in [-0.2, -0.15) is 0 Å². The smallest absolute Gasteiger partial charge is 0.209 e. The van der Waals surface area contributed by atoms with E-state index in [9.17, 15) is 0 Å². The molecule has 4 aromatic rings. The van der Waals surface area contributed by atoms with E-state index < -0.39 is 0 Å². The van der Waals surface area contributed by atoms with Gasteiger partial charge in [-0.1, -0.05) is 36.4 Å². The van der Waals surface area contributed by atoms with E-state index in [2.05, 4.69) is 95.4 Å². The summed E-state index contributed by atoms with van der Waals surface area (Å²) in [5.74, 6) is 2.76. The van der Waals surface area contributed by atoms with Crippen LogP contribution in [0.25, 0.3) is 0 Å². The first-order chi connectivity index (χ1) is 14.3. The minimum atomic E-state index is -0.190. The van der Waals surface area contributed by atoms with E-state index in [1.165, 1.54) is 23.8 Å². The highest BCUT2D eigenvalue weighted by atomic mass is 127. The van der Waals surface area contributed by atoms with E-state index >= 15 is 0 Å². The molecule has 5 rings (SSSR count). The predicted molar refractivity (Wildman–Crippen MR) is 125 cm³/mol. The molecule has 0 saturated heterocycles. The van der Waals surface area contributed by atoms with Gasteiger partial charge in [0.05, 0.1) is 0 Å². The molecule has 4 heteroatoms. The fraction of sp³-hybridized carbons (Fsp3) is 0.0400. The van der Waals surface area contributed by atoms with E-state index in [0.717, 1.165) is 17.2 Å². The Labute approximate surface area is 187 Å². The van der Waals surface area contributed by atoms with Crippen LogP contribution in [0, 0.1) is 3.57 Å². The maximum atomic E-state index is 6.13. The van der Waals surface area contributed by atoms with E-state index in [4.69, 9.17) is 9.47 Å². The molecule has 1 aliphatic rings. The largest absolute Gasteiger partial charge is 0.489 e. The van der Waals surface area contributed by atoms with Crippen molar-refractivity contribution in [3.63, 3.8) is 0 Å². The molecule has 2 nitrogen and oxygen atoms in total. The van der Waals surface area contributed by atoms with Crippen LogP contribution >= 0.6 is 22.6 Å². The zero-order valence-electron chi connectivity index (χ0n) is 15.5. The number of ether oxygens (including phenoxy) is 2. The molecule has 1 heterocycles. The Morgan fingerprint density at radius 1 is 0.690 bits per heavy atom. The summed E-state index contributed by atoms with van der Waals surface area (Å²) in [5.41, 5.74) is 1.17. The first-order valence-electron chi connectivity index (χ1n) is 9.35. The van der Waals surface area contributed by atoms with Crippen molar-refractivity contribution < 1.29 is 9.47 Å². The third kappa shape index (κ3) is 3.87. The molecule has 0 atom stereocenters. The Morgan fingerprint density at radius 3 is 1.90 bits per heavy atom. The van der Waals surface area contributed by atoms with Crippen LogP contribution in [0.1, 0.15) is 5.56 Å². The van der Waals surface area contributed by atoms with Gasteiger partial charge in [-0.3, -0.25) is 0 Å². The minimum Gasteiger partial charge on any atom is -0.489 e. The lowest BCUT2D eigenvalue weighted by Crippen LogP contribution is -2.12. The number of para-hydroxylation sites is 2. The molecule has 0 radical (unpaired) electrons. The molecule has 0 fully saturated rings. The maximum absolute atomic E-state index is 6.13. The highest BCUT2D eigenvalue weighted by molar-refractivity contribution is 14.1. The van der Waals surface area contributed by atoms with Crippen LogP contribution in [0.2, 0.25) is 0 Å². The number of hydrogen-bond donors (Lipinski definition) is 0. The van der Waals surface area contributed by atoms with Crippen LogP contribution < -0.4 is 9.47 Å². The van der Waals surface area contributed by atoms with Crippen LogP contribution in [0.3, 0.4) is 0 Å². The lowest BCUT2D eigenvalue weighted by Gasteiger charge is -2.19. The monoisotopic (exact) mass is 509 g/mol. The average molecular weight is 509 g/mol. The number of rotatable bonds is 4. The summed E-state index contributed by atoms with van der Waals surface area (Å²) < 4.78 is 13.3. The molecule has 0 saturated carbocycles. The molecule has 0 aromatic heterocycles. The molecule has 0 N–H and O–H groups in total. The minimum absolute atomic E-state index is 0.190. The van der Waals surface area contributed by atoms with Crippen LogP contribution in [0.5, 0.6) is 17.2 Å². The Bertz CT molecular complexity index is 1090. The highest BCUT2D eigenvalue weighted by Crippen LogP contribution is 2.46. The summed E-state index contributed by atoms with van der Waals surface area (Å²) in [6, 6.07) is 33.5. The van der Waals surface area contributed by atoms with Crippen molar-refractivity contribution in [2.24, 2.45) is 0 Å². The van der Waals surface area contributed by atoms with Crippen molar-refractivity contribution >= 4 is 33.5 Å². The molecule has 0 spiro atoms. The summed E-state index contributed by atoms with van der Waals surface area (Å²) in [5, 5.41) is 0. The Hall–Kier alpha value is -2.44. The predicted octanol–water partition coefficient (Wildman–Crippen LogP) is 7.07. The molecular formula is C25H18IO2S+. The summed E-state index contributed by atoms with van der Waals surface area (Å²) >= 11 is 2.31. The van der Waals surface area contributed by atoms with Crippen LogP contribution in [-0.2, 0) is 17.5 Å². The summed E-state index contributed by atoms with van der Waals surface area (Å²) in [4.78, 5) is 3.70.